The standard InChI is InChI=1S/C18H28N2O3/c1-2-13-22-17-9-6-8-16(15-17)19-18(21)23-14-7-12-20-10-4-3-5-11-20/h6,8-9,15H,2-5,7,10-14H2,1H3,(H,19,21). The van der Waals surface area contributed by atoms with Gasteiger partial charge in [-0.2, -0.15) is 0 Å². The van der Waals surface area contributed by atoms with Crippen molar-refractivity contribution in [2.24, 2.45) is 0 Å². The van der Waals surface area contributed by atoms with E-state index < -0.39 is 6.09 Å². The molecule has 1 fully saturated rings. The van der Waals surface area contributed by atoms with E-state index in [1.54, 1.807) is 0 Å². The third kappa shape index (κ3) is 6.91. The van der Waals surface area contributed by atoms with Crippen molar-refractivity contribution < 1.29 is 14.3 Å². The molecule has 1 saturated heterocycles. The number of anilines is 1. The van der Waals surface area contributed by atoms with Crippen LogP contribution in [-0.4, -0.2) is 43.8 Å². The molecule has 1 N–H and O–H groups in total. The number of benzene rings is 1. The lowest BCUT2D eigenvalue weighted by atomic mass is 10.1. The fraction of sp³-hybridized carbons (Fsp3) is 0.611. The zero-order chi connectivity index (χ0) is 16.3. The summed E-state index contributed by atoms with van der Waals surface area (Å²) in [4.78, 5) is 14.2. The Hall–Kier alpha value is -1.75. The summed E-state index contributed by atoms with van der Waals surface area (Å²) in [7, 11) is 0. The van der Waals surface area contributed by atoms with E-state index in [0.717, 1.165) is 25.1 Å². The molecule has 1 aromatic rings. The number of ether oxygens (including phenoxy) is 2. The zero-order valence-corrected chi connectivity index (χ0v) is 14.1. The maximum atomic E-state index is 11.8. The summed E-state index contributed by atoms with van der Waals surface area (Å²) in [6, 6.07) is 7.38. The van der Waals surface area contributed by atoms with Crippen LogP contribution in [0.3, 0.4) is 0 Å². The summed E-state index contributed by atoms with van der Waals surface area (Å²) in [6.07, 6.45) is 5.35. The van der Waals surface area contributed by atoms with Crippen molar-refractivity contribution in [2.75, 3.05) is 38.2 Å². The molecule has 23 heavy (non-hydrogen) atoms. The van der Waals surface area contributed by atoms with E-state index in [9.17, 15) is 4.79 Å². The van der Waals surface area contributed by atoms with Gasteiger partial charge in [-0.25, -0.2) is 4.79 Å². The average molecular weight is 320 g/mol. The van der Waals surface area contributed by atoms with Gasteiger partial charge >= 0.3 is 6.09 Å². The zero-order valence-electron chi connectivity index (χ0n) is 14.1. The first-order chi connectivity index (χ1) is 11.3. The quantitative estimate of drug-likeness (QED) is 0.738. The van der Waals surface area contributed by atoms with Crippen molar-refractivity contribution in [3.05, 3.63) is 24.3 Å². The van der Waals surface area contributed by atoms with E-state index in [2.05, 4.69) is 17.1 Å². The summed E-state index contributed by atoms with van der Waals surface area (Å²) >= 11 is 0. The summed E-state index contributed by atoms with van der Waals surface area (Å²) < 4.78 is 10.8. The van der Waals surface area contributed by atoms with Crippen molar-refractivity contribution in [2.45, 2.75) is 39.0 Å². The second-order valence-corrected chi connectivity index (χ2v) is 5.89. The van der Waals surface area contributed by atoms with Gasteiger partial charge in [0, 0.05) is 18.3 Å². The van der Waals surface area contributed by atoms with Gasteiger partial charge in [-0.1, -0.05) is 19.4 Å². The third-order valence-corrected chi connectivity index (χ3v) is 3.85. The first kappa shape index (κ1) is 17.6. The van der Waals surface area contributed by atoms with Gasteiger partial charge in [0.05, 0.1) is 13.2 Å². The predicted molar refractivity (Wildman–Crippen MR) is 92.1 cm³/mol. The predicted octanol–water partition coefficient (Wildman–Crippen LogP) is 3.90. The molecule has 1 aliphatic rings. The number of piperidine rings is 1. The summed E-state index contributed by atoms with van der Waals surface area (Å²) in [5, 5.41) is 2.74. The van der Waals surface area contributed by atoms with Gasteiger partial charge in [0.2, 0.25) is 0 Å². The van der Waals surface area contributed by atoms with Crippen LogP contribution in [0.2, 0.25) is 0 Å². The summed E-state index contributed by atoms with van der Waals surface area (Å²) in [5.41, 5.74) is 0.694. The molecule has 0 unspecified atom stereocenters. The largest absolute Gasteiger partial charge is 0.494 e. The first-order valence-electron chi connectivity index (χ1n) is 8.67. The Balaban J connectivity index is 1.64. The van der Waals surface area contributed by atoms with Gasteiger partial charge in [-0.15, -0.1) is 0 Å². The molecular weight excluding hydrogens is 292 g/mol. The third-order valence-electron chi connectivity index (χ3n) is 3.85. The van der Waals surface area contributed by atoms with Crippen LogP contribution in [-0.2, 0) is 4.74 Å². The van der Waals surface area contributed by atoms with Crippen molar-refractivity contribution >= 4 is 11.8 Å². The first-order valence-corrected chi connectivity index (χ1v) is 8.67. The number of nitrogens with zero attached hydrogens (tertiary/aromatic N) is 1. The van der Waals surface area contributed by atoms with E-state index >= 15 is 0 Å². The van der Waals surface area contributed by atoms with Gasteiger partial charge < -0.3 is 14.4 Å². The molecule has 5 heteroatoms. The SMILES string of the molecule is CCCOc1cccc(NC(=O)OCCCN2CCCCC2)c1. The van der Waals surface area contributed by atoms with E-state index in [-0.39, 0.29) is 0 Å². The van der Waals surface area contributed by atoms with E-state index in [0.29, 0.717) is 18.9 Å². The maximum Gasteiger partial charge on any atom is 0.411 e. The molecule has 0 aliphatic carbocycles. The number of rotatable bonds is 8. The molecule has 0 atom stereocenters. The van der Waals surface area contributed by atoms with E-state index in [1.165, 1.54) is 32.4 Å². The van der Waals surface area contributed by atoms with Gasteiger partial charge in [0.1, 0.15) is 5.75 Å². The van der Waals surface area contributed by atoms with Crippen LogP contribution in [0.25, 0.3) is 0 Å². The summed E-state index contributed by atoms with van der Waals surface area (Å²) in [5.74, 6) is 0.759. The minimum atomic E-state index is -0.406. The second-order valence-electron chi connectivity index (χ2n) is 5.89. The van der Waals surface area contributed by atoms with Crippen molar-refractivity contribution in [3.63, 3.8) is 0 Å². The molecule has 128 valence electrons. The van der Waals surface area contributed by atoms with Crippen LogP contribution < -0.4 is 10.1 Å². The molecule has 2 rings (SSSR count). The van der Waals surface area contributed by atoms with Gasteiger partial charge in [-0.3, -0.25) is 5.32 Å². The van der Waals surface area contributed by atoms with Gasteiger partial charge in [0.25, 0.3) is 0 Å². The maximum absolute atomic E-state index is 11.8. The highest BCUT2D eigenvalue weighted by Gasteiger charge is 2.10. The lowest BCUT2D eigenvalue weighted by Crippen LogP contribution is -2.31. The normalized spacial score (nSPS) is 15.2. The monoisotopic (exact) mass is 320 g/mol. The topological polar surface area (TPSA) is 50.8 Å². The Bertz CT molecular complexity index is 473. The second kappa shape index (κ2) is 10.1. The smallest absolute Gasteiger partial charge is 0.411 e. The van der Waals surface area contributed by atoms with Crippen LogP contribution in [0, 0.1) is 0 Å². The number of hydrogen-bond acceptors (Lipinski definition) is 4. The fourth-order valence-electron chi connectivity index (χ4n) is 2.67. The minimum absolute atomic E-state index is 0.406. The molecule has 1 amide bonds. The van der Waals surface area contributed by atoms with Crippen LogP contribution in [0.5, 0.6) is 5.75 Å². The number of likely N-dealkylation sites (tertiary alicyclic amines) is 1. The van der Waals surface area contributed by atoms with Crippen molar-refractivity contribution in [1.82, 2.24) is 4.90 Å². The number of carbonyl (C=O) groups excluding carboxylic acids is 1. The Labute approximate surface area is 139 Å². The Morgan fingerprint density at radius 1 is 1.22 bits per heavy atom. The summed E-state index contributed by atoms with van der Waals surface area (Å²) in [6.45, 7) is 6.54. The van der Waals surface area contributed by atoms with Crippen molar-refractivity contribution in [1.29, 1.82) is 0 Å². The highest BCUT2D eigenvalue weighted by atomic mass is 16.5. The highest BCUT2D eigenvalue weighted by molar-refractivity contribution is 5.84. The number of amides is 1. The van der Waals surface area contributed by atoms with E-state index in [4.69, 9.17) is 9.47 Å². The van der Waals surface area contributed by atoms with E-state index in [1.807, 2.05) is 24.3 Å². The van der Waals surface area contributed by atoms with Crippen LogP contribution >= 0.6 is 0 Å². The minimum Gasteiger partial charge on any atom is -0.494 e. The lowest BCUT2D eigenvalue weighted by molar-refractivity contribution is 0.148. The molecule has 5 nitrogen and oxygen atoms in total. The Morgan fingerprint density at radius 3 is 2.83 bits per heavy atom. The Morgan fingerprint density at radius 2 is 2.04 bits per heavy atom. The molecule has 0 radical (unpaired) electrons. The molecule has 0 bridgehead atoms. The number of nitrogens with one attached hydrogen (secondary N) is 1. The van der Waals surface area contributed by atoms with Crippen LogP contribution in [0.4, 0.5) is 10.5 Å². The molecule has 0 spiro atoms. The van der Waals surface area contributed by atoms with Crippen molar-refractivity contribution in [3.8, 4) is 5.75 Å². The molecule has 1 aliphatic heterocycles. The highest BCUT2D eigenvalue weighted by Crippen LogP contribution is 2.17. The molecule has 0 aromatic heterocycles. The average Bonchev–Trinajstić information content (AvgIpc) is 2.58. The number of carbonyl (C=O) groups is 1. The molecule has 1 heterocycles. The molecule has 1 aromatic carbocycles. The van der Waals surface area contributed by atoms with Crippen LogP contribution in [0.15, 0.2) is 24.3 Å². The molecular formula is C18H28N2O3. The fourth-order valence-corrected chi connectivity index (χ4v) is 2.67. The van der Waals surface area contributed by atoms with Gasteiger partial charge in [0.15, 0.2) is 0 Å². The lowest BCUT2D eigenvalue weighted by Gasteiger charge is -2.26. The Kier molecular flexibility index (Phi) is 7.73. The van der Waals surface area contributed by atoms with Gasteiger partial charge in [-0.05, 0) is 50.9 Å². The van der Waals surface area contributed by atoms with Crippen LogP contribution in [0.1, 0.15) is 39.0 Å². The molecule has 0 saturated carbocycles. The number of hydrogen-bond donors (Lipinski definition) is 1.